The maximum atomic E-state index is 11.4. The molecule has 0 unspecified atom stereocenters. The number of thiazole rings is 1. The molecular weight excluding hydrogens is 378 g/mol. The van der Waals surface area contributed by atoms with Crippen LogP contribution < -0.4 is 4.74 Å². The van der Waals surface area contributed by atoms with Crippen LogP contribution in [-0.2, 0) is 19.3 Å². The van der Waals surface area contributed by atoms with Crippen LogP contribution in [0.5, 0.6) is 5.75 Å². The van der Waals surface area contributed by atoms with E-state index in [1.165, 1.54) is 35.3 Å². The number of rotatable bonds is 6. The molecule has 0 amide bonds. The van der Waals surface area contributed by atoms with Gasteiger partial charge in [0.25, 0.3) is 0 Å². The minimum absolute atomic E-state index is 0.0845. The van der Waals surface area contributed by atoms with Gasteiger partial charge in [-0.15, -0.1) is 11.3 Å². The SMILES string of the molecule is CC.CC(=O)c1ccc(-c2nc(CCOc3ccc4c(c3)CCC4)c(C)s2)cc1. The Hall–Kier alpha value is -2.46. The summed E-state index contributed by atoms with van der Waals surface area (Å²) < 4.78 is 5.97. The third kappa shape index (κ3) is 5.13. The molecule has 1 aromatic heterocycles. The molecular formula is C25H29NO2S. The number of aryl methyl sites for hydroxylation is 3. The molecule has 0 radical (unpaired) electrons. The summed E-state index contributed by atoms with van der Waals surface area (Å²) in [6.07, 6.45) is 4.42. The lowest BCUT2D eigenvalue weighted by Gasteiger charge is -2.07. The number of carbonyl (C=O) groups is 1. The van der Waals surface area contributed by atoms with Crippen LogP contribution in [-0.4, -0.2) is 17.4 Å². The molecule has 4 heteroatoms. The molecule has 0 saturated heterocycles. The van der Waals surface area contributed by atoms with Crippen molar-refractivity contribution in [2.75, 3.05) is 6.61 Å². The second-order valence-corrected chi connectivity index (χ2v) is 8.24. The van der Waals surface area contributed by atoms with Gasteiger partial charge in [0, 0.05) is 22.4 Å². The monoisotopic (exact) mass is 407 g/mol. The fourth-order valence-corrected chi connectivity index (χ4v) is 4.50. The van der Waals surface area contributed by atoms with Crippen molar-refractivity contribution in [1.29, 1.82) is 0 Å². The molecule has 0 N–H and O–H groups in total. The smallest absolute Gasteiger partial charge is 0.159 e. The molecule has 152 valence electrons. The highest BCUT2D eigenvalue weighted by Gasteiger charge is 2.13. The highest BCUT2D eigenvalue weighted by atomic mass is 32.1. The van der Waals surface area contributed by atoms with E-state index in [4.69, 9.17) is 9.72 Å². The molecule has 29 heavy (non-hydrogen) atoms. The van der Waals surface area contributed by atoms with Crippen LogP contribution in [0.1, 0.15) is 59.2 Å². The first-order valence-electron chi connectivity index (χ1n) is 10.4. The number of Topliss-reactive ketones (excluding diaryl/α,β-unsaturated/α-hetero) is 1. The highest BCUT2D eigenvalue weighted by Crippen LogP contribution is 2.29. The van der Waals surface area contributed by atoms with E-state index in [-0.39, 0.29) is 5.78 Å². The van der Waals surface area contributed by atoms with Crippen molar-refractivity contribution in [1.82, 2.24) is 4.98 Å². The lowest BCUT2D eigenvalue weighted by molar-refractivity contribution is 0.101. The van der Waals surface area contributed by atoms with Gasteiger partial charge in [0.1, 0.15) is 10.8 Å². The topological polar surface area (TPSA) is 39.2 Å². The number of fused-ring (bicyclic) bond motifs is 1. The van der Waals surface area contributed by atoms with Gasteiger partial charge in [0.05, 0.1) is 12.3 Å². The third-order valence-corrected chi connectivity index (χ3v) is 6.17. The quantitative estimate of drug-likeness (QED) is 0.440. The van der Waals surface area contributed by atoms with E-state index in [9.17, 15) is 4.79 Å². The van der Waals surface area contributed by atoms with E-state index in [1.54, 1.807) is 18.3 Å². The summed E-state index contributed by atoms with van der Waals surface area (Å²) in [6.45, 7) is 8.32. The van der Waals surface area contributed by atoms with Gasteiger partial charge in [-0.2, -0.15) is 0 Å². The van der Waals surface area contributed by atoms with Gasteiger partial charge in [-0.25, -0.2) is 4.98 Å². The van der Waals surface area contributed by atoms with Crippen molar-refractivity contribution in [3.05, 3.63) is 69.7 Å². The predicted octanol–water partition coefficient (Wildman–Crippen LogP) is 6.46. The summed E-state index contributed by atoms with van der Waals surface area (Å²) in [4.78, 5) is 17.4. The maximum absolute atomic E-state index is 11.4. The zero-order chi connectivity index (χ0) is 20.8. The van der Waals surface area contributed by atoms with Gasteiger partial charge in [0.15, 0.2) is 5.78 Å². The van der Waals surface area contributed by atoms with Crippen molar-refractivity contribution >= 4 is 17.1 Å². The van der Waals surface area contributed by atoms with Gasteiger partial charge >= 0.3 is 0 Å². The van der Waals surface area contributed by atoms with E-state index < -0.39 is 0 Å². The van der Waals surface area contributed by atoms with Crippen LogP contribution in [0.4, 0.5) is 0 Å². The van der Waals surface area contributed by atoms with E-state index in [1.807, 2.05) is 38.1 Å². The van der Waals surface area contributed by atoms with Crippen molar-refractivity contribution in [3.63, 3.8) is 0 Å². The van der Waals surface area contributed by atoms with Gasteiger partial charge in [-0.05, 0) is 56.4 Å². The Balaban J connectivity index is 0.00000117. The van der Waals surface area contributed by atoms with E-state index in [0.717, 1.165) is 34.0 Å². The molecule has 0 spiro atoms. The van der Waals surface area contributed by atoms with E-state index in [0.29, 0.717) is 6.61 Å². The second-order valence-electron chi connectivity index (χ2n) is 7.04. The number of aromatic nitrogens is 1. The Morgan fingerprint density at radius 3 is 2.52 bits per heavy atom. The molecule has 0 atom stereocenters. The molecule has 1 aliphatic carbocycles. The van der Waals surface area contributed by atoms with Crippen LogP contribution in [0.3, 0.4) is 0 Å². The van der Waals surface area contributed by atoms with Gasteiger partial charge in [-0.1, -0.05) is 44.2 Å². The predicted molar refractivity (Wildman–Crippen MR) is 121 cm³/mol. The third-order valence-electron chi connectivity index (χ3n) is 5.11. The molecule has 0 saturated carbocycles. The van der Waals surface area contributed by atoms with E-state index in [2.05, 4.69) is 25.1 Å². The first-order chi connectivity index (χ1) is 14.1. The van der Waals surface area contributed by atoms with Gasteiger partial charge in [-0.3, -0.25) is 4.79 Å². The molecule has 0 fully saturated rings. The van der Waals surface area contributed by atoms with Gasteiger partial charge < -0.3 is 4.74 Å². The fraction of sp³-hybridized carbons (Fsp3) is 0.360. The van der Waals surface area contributed by atoms with Crippen LogP contribution in [0.2, 0.25) is 0 Å². The summed E-state index contributed by atoms with van der Waals surface area (Å²) in [5, 5.41) is 0.995. The van der Waals surface area contributed by atoms with Gasteiger partial charge in [0.2, 0.25) is 0 Å². The van der Waals surface area contributed by atoms with Crippen LogP contribution in [0.15, 0.2) is 42.5 Å². The lowest BCUT2D eigenvalue weighted by atomic mass is 10.1. The van der Waals surface area contributed by atoms with Crippen molar-refractivity contribution in [2.45, 2.75) is 53.4 Å². The molecule has 1 aliphatic rings. The van der Waals surface area contributed by atoms with Crippen LogP contribution in [0, 0.1) is 6.92 Å². The Morgan fingerprint density at radius 1 is 1.07 bits per heavy atom. The number of benzene rings is 2. The first kappa shape index (κ1) is 21.3. The molecule has 4 rings (SSSR count). The van der Waals surface area contributed by atoms with Crippen molar-refractivity contribution < 1.29 is 9.53 Å². The molecule has 0 bridgehead atoms. The average molecular weight is 408 g/mol. The second kappa shape index (κ2) is 9.84. The van der Waals surface area contributed by atoms with E-state index >= 15 is 0 Å². The summed E-state index contributed by atoms with van der Waals surface area (Å²) in [6, 6.07) is 14.2. The largest absolute Gasteiger partial charge is 0.493 e. The number of ketones is 1. The molecule has 0 aliphatic heterocycles. The minimum atomic E-state index is 0.0845. The number of nitrogens with zero attached hydrogens (tertiary/aromatic N) is 1. The normalized spacial score (nSPS) is 12.1. The Kier molecular flexibility index (Phi) is 7.21. The average Bonchev–Trinajstić information content (AvgIpc) is 3.36. The molecule has 3 nitrogen and oxygen atoms in total. The minimum Gasteiger partial charge on any atom is -0.493 e. The van der Waals surface area contributed by atoms with Crippen LogP contribution in [0.25, 0.3) is 10.6 Å². The zero-order valence-electron chi connectivity index (χ0n) is 17.7. The molecule has 3 aromatic rings. The lowest BCUT2D eigenvalue weighted by Crippen LogP contribution is -2.03. The van der Waals surface area contributed by atoms with Crippen molar-refractivity contribution in [2.24, 2.45) is 0 Å². The highest BCUT2D eigenvalue weighted by molar-refractivity contribution is 7.15. The molecule has 1 heterocycles. The standard InChI is InChI=1S/C23H23NO2S.C2H6/c1-15(25)17-6-8-19(9-7-17)23-24-22(16(2)27-23)12-13-26-21-11-10-18-4-3-5-20(18)14-21;1-2/h6-11,14H,3-5,12-13H2,1-2H3;1-2H3. The Morgan fingerprint density at radius 2 is 1.79 bits per heavy atom. The number of hydrogen-bond donors (Lipinski definition) is 0. The fourth-order valence-electron chi connectivity index (χ4n) is 3.53. The first-order valence-corrected chi connectivity index (χ1v) is 11.2. The number of hydrogen-bond acceptors (Lipinski definition) is 4. The Labute approximate surface area is 177 Å². The summed E-state index contributed by atoms with van der Waals surface area (Å²) in [5.74, 6) is 1.05. The number of ether oxygens (including phenoxy) is 1. The Bertz CT molecular complexity index is 973. The zero-order valence-corrected chi connectivity index (χ0v) is 18.6. The maximum Gasteiger partial charge on any atom is 0.159 e. The summed E-state index contributed by atoms with van der Waals surface area (Å²) in [7, 11) is 0. The number of carbonyl (C=O) groups excluding carboxylic acids is 1. The molecule has 2 aromatic carbocycles. The van der Waals surface area contributed by atoms with Crippen LogP contribution >= 0.6 is 11.3 Å². The summed E-state index contributed by atoms with van der Waals surface area (Å²) >= 11 is 1.69. The van der Waals surface area contributed by atoms with Crippen molar-refractivity contribution in [3.8, 4) is 16.3 Å². The summed E-state index contributed by atoms with van der Waals surface area (Å²) in [5.41, 5.74) is 5.78.